The summed E-state index contributed by atoms with van der Waals surface area (Å²) >= 11 is 0. The molecule has 3 N–H and O–H groups in total. The quantitative estimate of drug-likeness (QED) is 0.573. The lowest BCUT2D eigenvalue weighted by Gasteiger charge is -2.29. The van der Waals surface area contributed by atoms with Crippen molar-refractivity contribution in [3.63, 3.8) is 0 Å². The highest BCUT2D eigenvalue weighted by atomic mass is 16.5. The third-order valence-corrected chi connectivity index (χ3v) is 4.57. The van der Waals surface area contributed by atoms with Crippen molar-refractivity contribution in [1.82, 2.24) is 10.6 Å². The summed E-state index contributed by atoms with van der Waals surface area (Å²) in [6, 6.07) is 13.8. The van der Waals surface area contributed by atoms with Crippen molar-refractivity contribution in [2.75, 3.05) is 18.5 Å². The Morgan fingerprint density at radius 3 is 2.28 bits per heavy atom. The van der Waals surface area contributed by atoms with Crippen LogP contribution >= 0.6 is 0 Å². The number of amides is 3. The lowest BCUT2D eigenvalue weighted by atomic mass is 9.95. The molecule has 1 aliphatic heterocycles. The van der Waals surface area contributed by atoms with E-state index in [0.717, 1.165) is 0 Å². The second-order valence-electron chi connectivity index (χ2n) is 6.89. The number of anilines is 1. The van der Waals surface area contributed by atoms with Crippen LogP contribution in [-0.4, -0.2) is 37.1 Å². The molecular formula is C23H23N3O6. The van der Waals surface area contributed by atoms with Gasteiger partial charge in [-0.05, 0) is 36.8 Å². The summed E-state index contributed by atoms with van der Waals surface area (Å²) in [4.78, 5) is 48.5. The van der Waals surface area contributed by atoms with Crippen LogP contribution in [0.1, 0.15) is 35.8 Å². The number of urea groups is 1. The molecule has 166 valence electrons. The normalized spacial score (nSPS) is 15.3. The van der Waals surface area contributed by atoms with E-state index < -0.39 is 24.0 Å². The maximum atomic E-state index is 12.7. The maximum Gasteiger partial charge on any atom is 0.338 e. The molecule has 2 aromatic rings. The van der Waals surface area contributed by atoms with Crippen molar-refractivity contribution in [3.05, 3.63) is 77.0 Å². The molecule has 3 rings (SSSR count). The second-order valence-corrected chi connectivity index (χ2v) is 6.89. The Labute approximate surface area is 184 Å². The van der Waals surface area contributed by atoms with Crippen LogP contribution in [0.25, 0.3) is 0 Å². The van der Waals surface area contributed by atoms with E-state index in [1.54, 1.807) is 43.3 Å². The van der Waals surface area contributed by atoms with E-state index in [0.29, 0.717) is 11.3 Å². The molecule has 1 heterocycles. The maximum absolute atomic E-state index is 12.7. The Morgan fingerprint density at radius 2 is 1.66 bits per heavy atom. The van der Waals surface area contributed by atoms with Crippen molar-refractivity contribution in [1.29, 1.82) is 0 Å². The largest absolute Gasteiger partial charge is 0.463 e. The van der Waals surface area contributed by atoms with Gasteiger partial charge in [-0.1, -0.05) is 30.3 Å². The number of rotatable bonds is 7. The molecule has 0 spiro atoms. The Bertz CT molecular complexity index is 1050. The lowest BCUT2D eigenvalue weighted by Crippen LogP contribution is -2.47. The van der Waals surface area contributed by atoms with Gasteiger partial charge < -0.3 is 25.4 Å². The summed E-state index contributed by atoms with van der Waals surface area (Å²) in [5.41, 5.74) is 1.77. The van der Waals surface area contributed by atoms with Gasteiger partial charge >= 0.3 is 18.0 Å². The number of esters is 2. The molecular weight excluding hydrogens is 414 g/mol. The smallest absolute Gasteiger partial charge is 0.338 e. The van der Waals surface area contributed by atoms with E-state index in [9.17, 15) is 19.2 Å². The zero-order valence-corrected chi connectivity index (χ0v) is 17.6. The van der Waals surface area contributed by atoms with Crippen molar-refractivity contribution in [2.45, 2.75) is 19.9 Å². The number of nitrogens with one attached hydrogen (secondary N) is 3. The lowest BCUT2D eigenvalue weighted by molar-refractivity contribution is -0.139. The van der Waals surface area contributed by atoms with Gasteiger partial charge in [-0.25, -0.2) is 14.4 Å². The third-order valence-electron chi connectivity index (χ3n) is 4.57. The number of carbonyl (C=O) groups is 4. The fourth-order valence-electron chi connectivity index (χ4n) is 3.19. The van der Waals surface area contributed by atoms with E-state index in [-0.39, 0.29) is 36.0 Å². The Morgan fingerprint density at radius 1 is 0.969 bits per heavy atom. The Hall–Kier alpha value is -4.14. The number of hydrogen-bond acceptors (Lipinski definition) is 6. The highest BCUT2D eigenvalue weighted by Gasteiger charge is 2.34. The van der Waals surface area contributed by atoms with Gasteiger partial charge in [0.2, 0.25) is 5.91 Å². The van der Waals surface area contributed by atoms with Gasteiger partial charge in [0.15, 0.2) is 0 Å². The summed E-state index contributed by atoms with van der Waals surface area (Å²) in [6.45, 7) is 2.87. The molecule has 0 bridgehead atoms. The van der Waals surface area contributed by atoms with Crippen LogP contribution in [0.3, 0.4) is 0 Å². The predicted molar refractivity (Wildman–Crippen MR) is 116 cm³/mol. The van der Waals surface area contributed by atoms with Gasteiger partial charge in [0, 0.05) is 12.6 Å². The molecule has 9 nitrogen and oxygen atoms in total. The number of ether oxygens (including phenoxy) is 2. The first-order chi connectivity index (χ1) is 15.4. The van der Waals surface area contributed by atoms with E-state index in [4.69, 9.17) is 9.47 Å². The zero-order chi connectivity index (χ0) is 23.1. The molecule has 0 saturated carbocycles. The predicted octanol–water partition coefficient (Wildman–Crippen LogP) is 2.67. The molecule has 1 aliphatic rings. The summed E-state index contributed by atoms with van der Waals surface area (Å²) in [5.74, 6) is -1.51. The summed E-state index contributed by atoms with van der Waals surface area (Å²) < 4.78 is 10.5. The van der Waals surface area contributed by atoms with Crippen molar-refractivity contribution < 1.29 is 28.7 Å². The first-order valence-electron chi connectivity index (χ1n) is 9.96. The van der Waals surface area contributed by atoms with Crippen molar-refractivity contribution in [2.24, 2.45) is 0 Å². The van der Waals surface area contributed by atoms with Crippen LogP contribution < -0.4 is 16.0 Å². The SMILES string of the molecule is CCOC(=O)C1=C(COC(=O)c2ccc(NC(C)=O)cc2)NC(=O)NC1c1ccccc1. The molecule has 2 aromatic carbocycles. The monoisotopic (exact) mass is 437 g/mol. The van der Waals surface area contributed by atoms with Gasteiger partial charge in [-0.2, -0.15) is 0 Å². The van der Waals surface area contributed by atoms with Gasteiger partial charge in [0.1, 0.15) is 6.61 Å². The number of hydrogen-bond donors (Lipinski definition) is 3. The van der Waals surface area contributed by atoms with Crippen LogP contribution in [-0.2, 0) is 19.1 Å². The molecule has 0 radical (unpaired) electrons. The second kappa shape index (κ2) is 10.3. The third kappa shape index (κ3) is 5.51. The first kappa shape index (κ1) is 22.5. The van der Waals surface area contributed by atoms with Gasteiger partial charge in [-0.15, -0.1) is 0 Å². The van der Waals surface area contributed by atoms with E-state index in [1.807, 2.05) is 6.07 Å². The molecule has 0 aromatic heterocycles. The standard InChI is InChI=1S/C23H23N3O6/c1-3-31-22(29)19-18(25-23(30)26-20(19)15-7-5-4-6-8-15)13-32-21(28)16-9-11-17(12-10-16)24-14(2)27/h4-12,20H,3,13H2,1-2H3,(H,24,27)(H2,25,26,30). The van der Waals surface area contributed by atoms with Crippen molar-refractivity contribution >= 4 is 29.6 Å². The van der Waals surface area contributed by atoms with Gasteiger partial charge in [0.05, 0.1) is 29.5 Å². The highest BCUT2D eigenvalue weighted by molar-refractivity contribution is 5.96. The van der Waals surface area contributed by atoms with Gasteiger partial charge in [-0.3, -0.25) is 4.79 Å². The van der Waals surface area contributed by atoms with Crippen LogP contribution in [0, 0.1) is 0 Å². The van der Waals surface area contributed by atoms with E-state index >= 15 is 0 Å². The molecule has 3 amide bonds. The average molecular weight is 437 g/mol. The zero-order valence-electron chi connectivity index (χ0n) is 17.6. The Balaban J connectivity index is 1.83. The van der Waals surface area contributed by atoms with E-state index in [2.05, 4.69) is 16.0 Å². The number of benzene rings is 2. The van der Waals surface area contributed by atoms with Crippen LogP contribution in [0.4, 0.5) is 10.5 Å². The minimum absolute atomic E-state index is 0.143. The molecule has 1 unspecified atom stereocenters. The molecule has 0 saturated heterocycles. The van der Waals surface area contributed by atoms with Gasteiger partial charge in [0.25, 0.3) is 0 Å². The Kier molecular flexibility index (Phi) is 7.22. The molecule has 0 aliphatic carbocycles. The first-order valence-corrected chi connectivity index (χ1v) is 9.96. The van der Waals surface area contributed by atoms with Crippen LogP contribution in [0.15, 0.2) is 65.9 Å². The molecule has 9 heteroatoms. The average Bonchev–Trinajstić information content (AvgIpc) is 2.78. The summed E-state index contributed by atoms with van der Waals surface area (Å²) in [5, 5.41) is 7.86. The fourth-order valence-corrected chi connectivity index (χ4v) is 3.19. The van der Waals surface area contributed by atoms with Crippen LogP contribution in [0.2, 0.25) is 0 Å². The molecule has 32 heavy (non-hydrogen) atoms. The summed E-state index contributed by atoms with van der Waals surface area (Å²) in [7, 11) is 0. The minimum Gasteiger partial charge on any atom is -0.463 e. The number of carbonyl (C=O) groups excluding carboxylic acids is 4. The molecule has 0 fully saturated rings. The summed E-state index contributed by atoms with van der Waals surface area (Å²) in [6.07, 6.45) is 0. The highest BCUT2D eigenvalue weighted by Crippen LogP contribution is 2.28. The topological polar surface area (TPSA) is 123 Å². The van der Waals surface area contributed by atoms with Crippen LogP contribution in [0.5, 0.6) is 0 Å². The molecule has 1 atom stereocenters. The fraction of sp³-hybridized carbons (Fsp3) is 0.217. The van der Waals surface area contributed by atoms with Crippen molar-refractivity contribution in [3.8, 4) is 0 Å². The van der Waals surface area contributed by atoms with E-state index in [1.165, 1.54) is 19.1 Å². The minimum atomic E-state index is -0.755.